The van der Waals surface area contributed by atoms with Crippen LogP contribution in [0.3, 0.4) is 0 Å². The molecule has 3 aromatic carbocycles. The number of aromatic carboxylic acids is 18. The molecule has 0 amide bonds. The highest BCUT2D eigenvalue weighted by Crippen LogP contribution is 2.33. The summed E-state index contributed by atoms with van der Waals surface area (Å²) < 4.78 is 0. The maximum atomic E-state index is 11.2. The molecule has 412 valence electrons. The van der Waals surface area contributed by atoms with E-state index in [4.69, 9.17) is 97.0 Å². The van der Waals surface area contributed by atoms with Gasteiger partial charge in [0.25, 0.3) is 0 Å². The van der Waals surface area contributed by atoms with E-state index in [0.717, 1.165) is 0 Å². The van der Waals surface area contributed by atoms with Crippen molar-refractivity contribution in [2.75, 3.05) is 0 Å². The van der Waals surface area contributed by atoms with Gasteiger partial charge in [0.15, 0.2) is 0 Å². The van der Waals surface area contributed by atoms with Crippen molar-refractivity contribution >= 4 is 113 Å². The fourth-order valence-electron chi connectivity index (χ4n) is 6.10. The van der Waals surface area contributed by atoms with Crippen molar-refractivity contribution in [2.24, 2.45) is 0 Å². The van der Waals surface area contributed by atoms with Gasteiger partial charge in [0.2, 0.25) is 0 Å². The molecule has 19 N–H and O–H groups in total. The van der Waals surface area contributed by atoms with Crippen molar-refractivity contribution in [3.05, 3.63) is 112 Å². The Morgan fingerprint density at radius 2 is 0.218 bits per heavy atom. The molecule has 0 fully saturated rings. The van der Waals surface area contributed by atoms with Crippen molar-refractivity contribution in [1.82, 2.24) is 0 Å². The van der Waals surface area contributed by atoms with Gasteiger partial charge in [-0.25, -0.2) is 91.1 Å². The van der Waals surface area contributed by atoms with Crippen molar-refractivity contribution in [1.29, 1.82) is 0 Å². The minimum absolute atomic E-state index is 0.176. The number of hydrogen-bond acceptors (Lipinski definition) is 19. The number of benzene rings is 3. The smallest absolute Gasteiger partial charge is 0.337 e. The van der Waals surface area contributed by atoms with E-state index in [1.165, 1.54) is 6.92 Å². The van der Waals surface area contributed by atoms with Crippen LogP contribution in [0.2, 0.25) is 0 Å². The zero-order chi connectivity index (χ0) is 61.9. The van der Waals surface area contributed by atoms with Crippen LogP contribution in [0.15, 0.2) is 12.2 Å². The first-order valence-corrected chi connectivity index (χ1v) is 18.2. The van der Waals surface area contributed by atoms with E-state index >= 15 is 0 Å². The van der Waals surface area contributed by atoms with Crippen molar-refractivity contribution in [3.8, 4) is 0 Å². The predicted molar refractivity (Wildman–Crippen MR) is 227 cm³/mol. The molecule has 3 rings (SSSR count). The molecular formula is C40H24O38. The molecule has 0 aliphatic carbocycles. The van der Waals surface area contributed by atoms with E-state index in [9.17, 15) is 91.1 Å². The molecule has 0 unspecified atom stereocenters. The van der Waals surface area contributed by atoms with Crippen LogP contribution in [-0.2, 0) is 4.79 Å². The fraction of sp³-hybridized carbons (Fsp3) is 0.0250. The first-order valence-electron chi connectivity index (χ1n) is 18.2. The number of aliphatic carboxylic acids is 1. The summed E-state index contributed by atoms with van der Waals surface area (Å²) in [7, 11) is 0. The summed E-state index contributed by atoms with van der Waals surface area (Å²) >= 11 is 0. The van der Waals surface area contributed by atoms with Crippen LogP contribution in [0.5, 0.6) is 0 Å². The second kappa shape index (κ2) is 25.1. The number of carboxylic acids is 19. The van der Waals surface area contributed by atoms with Gasteiger partial charge in [-0.2, -0.15) is 0 Å². The first kappa shape index (κ1) is 65.3. The maximum Gasteiger partial charge on any atom is 0.337 e. The second-order valence-electron chi connectivity index (χ2n) is 13.3. The topological polar surface area (TPSA) is 709 Å². The van der Waals surface area contributed by atoms with Crippen LogP contribution in [-0.4, -0.2) is 210 Å². The maximum absolute atomic E-state index is 11.2. The Morgan fingerprint density at radius 3 is 0.231 bits per heavy atom. The standard InChI is InChI=1S/3C12H6O12.C4H6O2/c3*13-7(14)1-2(8(15)16)4(10(19)20)6(12(23)24)5(11(21)22)3(1)9(17)18;1-3(2)4(5)6/h3*(H,13,14)(H,15,16)(H,17,18)(H,19,20)(H,21,22)(H,23,24);1H2,2H3,(H,5,6). The molecule has 0 spiro atoms. The highest BCUT2D eigenvalue weighted by Gasteiger charge is 2.43. The quantitative estimate of drug-likeness (QED) is 0.0717. The van der Waals surface area contributed by atoms with E-state index in [0.29, 0.717) is 0 Å². The average molecular weight is 1110 g/mol. The molecule has 0 aliphatic rings. The lowest BCUT2D eigenvalue weighted by molar-refractivity contribution is -0.132. The molecule has 0 aliphatic heterocycles. The van der Waals surface area contributed by atoms with Gasteiger partial charge in [0.05, 0.1) is 100 Å². The number of rotatable bonds is 19. The SMILES string of the molecule is C=C(C)C(=O)O.O=C(O)c1c(C(=O)O)c(C(=O)O)c(C(=O)O)c(C(=O)O)c1C(=O)O.O=C(O)c1c(C(=O)O)c(C(=O)O)c(C(=O)O)c(C(=O)O)c1C(=O)O.O=C(O)c1c(C(=O)O)c(C(=O)O)c(C(=O)O)c(C(=O)O)c1C(=O)O. The average Bonchev–Trinajstić information content (AvgIpc) is 3.27. The van der Waals surface area contributed by atoms with Gasteiger partial charge in [-0.3, -0.25) is 0 Å². The molecular weight excluding hydrogens is 1090 g/mol. The summed E-state index contributed by atoms with van der Waals surface area (Å²) in [6, 6.07) is 0. The minimum Gasteiger partial charge on any atom is -0.478 e. The minimum atomic E-state index is -2.26. The molecule has 38 heteroatoms. The van der Waals surface area contributed by atoms with E-state index in [1.807, 2.05) is 0 Å². The van der Waals surface area contributed by atoms with Crippen LogP contribution in [0.25, 0.3) is 0 Å². The number of carboxylic acid groups (broad SMARTS) is 19. The van der Waals surface area contributed by atoms with E-state index < -0.39 is 214 Å². The zero-order valence-electron chi connectivity index (χ0n) is 37.0. The summed E-state index contributed by atoms with van der Waals surface area (Å²) in [6.45, 7) is 4.60. The van der Waals surface area contributed by atoms with Crippen LogP contribution in [0.4, 0.5) is 0 Å². The van der Waals surface area contributed by atoms with Crippen LogP contribution in [0.1, 0.15) is 193 Å². The highest BCUT2D eigenvalue weighted by molar-refractivity contribution is 6.26. The summed E-state index contributed by atoms with van der Waals surface area (Å²) in [4.78, 5) is 212. The summed E-state index contributed by atoms with van der Waals surface area (Å²) in [6.07, 6.45) is 0. The summed E-state index contributed by atoms with van der Waals surface area (Å²) in [5.74, 6) is -41.6. The fourth-order valence-corrected chi connectivity index (χ4v) is 6.10. The second-order valence-corrected chi connectivity index (χ2v) is 13.3. The van der Waals surface area contributed by atoms with Crippen molar-refractivity contribution in [3.63, 3.8) is 0 Å². The molecule has 78 heavy (non-hydrogen) atoms. The van der Waals surface area contributed by atoms with Crippen LogP contribution < -0.4 is 0 Å². The first-order chi connectivity index (χ1) is 35.4. The molecule has 3 aromatic rings. The molecule has 0 aromatic heterocycles. The normalized spacial score (nSPS) is 9.81. The van der Waals surface area contributed by atoms with Crippen LogP contribution >= 0.6 is 0 Å². The Bertz CT molecular complexity index is 2440. The van der Waals surface area contributed by atoms with Crippen molar-refractivity contribution in [2.45, 2.75) is 6.92 Å². The van der Waals surface area contributed by atoms with Crippen molar-refractivity contribution < 1.29 is 188 Å². The Morgan fingerprint density at radius 1 is 0.179 bits per heavy atom. The van der Waals surface area contributed by atoms with Gasteiger partial charge < -0.3 is 97.0 Å². The van der Waals surface area contributed by atoms with Gasteiger partial charge >= 0.3 is 113 Å². The van der Waals surface area contributed by atoms with E-state index in [-0.39, 0.29) is 5.57 Å². The Hall–Kier alpha value is -12.7. The molecule has 38 nitrogen and oxygen atoms in total. The van der Waals surface area contributed by atoms with Gasteiger partial charge in [-0.15, -0.1) is 0 Å². The van der Waals surface area contributed by atoms with Gasteiger partial charge in [-0.05, 0) is 6.92 Å². The number of carbonyl (C=O) groups is 19. The molecule has 0 atom stereocenters. The molecule has 0 saturated heterocycles. The summed E-state index contributed by atoms with van der Waals surface area (Å²) in [5.41, 5.74) is -29.7. The largest absolute Gasteiger partial charge is 0.478 e. The zero-order valence-corrected chi connectivity index (χ0v) is 37.0. The lowest BCUT2D eigenvalue weighted by Crippen LogP contribution is -2.27. The van der Waals surface area contributed by atoms with Gasteiger partial charge in [-0.1, -0.05) is 6.58 Å². The van der Waals surface area contributed by atoms with Crippen LogP contribution in [0, 0.1) is 0 Å². The molecule has 0 radical (unpaired) electrons. The third kappa shape index (κ3) is 13.4. The van der Waals surface area contributed by atoms with E-state index in [2.05, 4.69) is 6.58 Å². The van der Waals surface area contributed by atoms with Gasteiger partial charge in [0.1, 0.15) is 0 Å². The third-order valence-electron chi connectivity index (χ3n) is 8.71. The lowest BCUT2D eigenvalue weighted by atomic mass is 9.86. The third-order valence-corrected chi connectivity index (χ3v) is 8.71. The van der Waals surface area contributed by atoms with Gasteiger partial charge in [0, 0.05) is 5.57 Å². The Kier molecular flexibility index (Phi) is 21.0. The van der Waals surface area contributed by atoms with E-state index in [1.54, 1.807) is 0 Å². The molecule has 0 heterocycles. The Balaban J connectivity index is 0.00000108. The Labute approximate surface area is 420 Å². The molecule has 0 bridgehead atoms. The molecule has 0 saturated carbocycles. The predicted octanol–water partition coefficient (Wildman–Crippen LogP) is 0.275. The number of hydrogen-bond donors (Lipinski definition) is 19. The highest BCUT2D eigenvalue weighted by atomic mass is 16.4. The lowest BCUT2D eigenvalue weighted by Gasteiger charge is -2.15. The monoisotopic (exact) mass is 1110 g/mol. The summed E-state index contributed by atoms with van der Waals surface area (Å²) in [5, 5.41) is 170.